The zero-order valence-corrected chi connectivity index (χ0v) is 22.5. The number of ether oxygens (including phenoxy) is 2. The third kappa shape index (κ3) is 6.02. The number of aryl methyl sites for hydroxylation is 2. The molecule has 4 rings (SSSR count). The van der Waals surface area contributed by atoms with Crippen LogP contribution in [0.25, 0.3) is 0 Å². The monoisotopic (exact) mass is 512 g/mol. The van der Waals surface area contributed by atoms with E-state index in [1.807, 2.05) is 17.2 Å². The fourth-order valence-electron chi connectivity index (χ4n) is 4.85. The molecule has 0 radical (unpaired) electrons. The van der Waals surface area contributed by atoms with Gasteiger partial charge < -0.3 is 19.7 Å². The number of hydrogen-bond acceptors (Lipinski definition) is 8. The number of nitrogens with one attached hydrogen (secondary N) is 1. The van der Waals surface area contributed by atoms with Crippen molar-refractivity contribution in [2.24, 2.45) is 4.99 Å². The maximum atomic E-state index is 13.1. The van der Waals surface area contributed by atoms with Crippen LogP contribution < -0.4 is 5.32 Å². The molecular weight excluding hydrogens is 476 g/mol. The second kappa shape index (κ2) is 12.1. The molecule has 1 N–H and O–H groups in total. The van der Waals surface area contributed by atoms with E-state index in [1.165, 1.54) is 11.8 Å². The van der Waals surface area contributed by atoms with Gasteiger partial charge >= 0.3 is 5.97 Å². The highest BCUT2D eigenvalue weighted by Crippen LogP contribution is 2.45. The number of esters is 1. The molecule has 0 aromatic heterocycles. The van der Waals surface area contributed by atoms with Gasteiger partial charge in [-0.25, -0.2) is 9.79 Å². The molecule has 0 spiro atoms. The number of morpholine rings is 1. The molecule has 0 bridgehead atoms. The lowest BCUT2D eigenvalue weighted by atomic mass is 9.90. The predicted molar refractivity (Wildman–Crippen MR) is 142 cm³/mol. The molecule has 36 heavy (non-hydrogen) atoms. The molecule has 0 aliphatic carbocycles. The van der Waals surface area contributed by atoms with E-state index in [2.05, 4.69) is 42.3 Å². The molecule has 9 heteroatoms. The fourth-order valence-corrected chi connectivity index (χ4v) is 5.81. The van der Waals surface area contributed by atoms with E-state index in [1.54, 1.807) is 6.92 Å². The lowest BCUT2D eigenvalue weighted by Gasteiger charge is -2.37. The Kier molecular flexibility index (Phi) is 8.87. The molecule has 1 fully saturated rings. The lowest BCUT2D eigenvalue weighted by Crippen LogP contribution is -2.39. The van der Waals surface area contributed by atoms with Gasteiger partial charge in [0, 0.05) is 25.3 Å². The summed E-state index contributed by atoms with van der Waals surface area (Å²) >= 11 is 1.49. The number of nitrogens with zero attached hydrogens (tertiary/aromatic N) is 3. The van der Waals surface area contributed by atoms with E-state index in [0.717, 1.165) is 66.8 Å². The number of thioether (sulfide) groups is 1. The molecule has 1 aromatic rings. The van der Waals surface area contributed by atoms with Crippen molar-refractivity contribution in [2.75, 3.05) is 46.0 Å². The van der Waals surface area contributed by atoms with E-state index in [9.17, 15) is 9.59 Å². The third-order valence-electron chi connectivity index (χ3n) is 6.63. The second-order valence-electron chi connectivity index (χ2n) is 9.31. The Balaban J connectivity index is 1.49. The number of hydrogen-bond donors (Lipinski definition) is 1. The number of carbonyl (C=O) groups is 2. The molecule has 1 amide bonds. The first-order valence-corrected chi connectivity index (χ1v) is 13.5. The van der Waals surface area contributed by atoms with Crippen LogP contribution >= 0.6 is 11.8 Å². The van der Waals surface area contributed by atoms with Crippen LogP contribution in [-0.2, 0) is 19.1 Å². The Morgan fingerprint density at radius 1 is 1.22 bits per heavy atom. The fraction of sp³-hybridized carbons (Fsp3) is 0.519. The van der Waals surface area contributed by atoms with Gasteiger partial charge in [-0.2, -0.15) is 0 Å². The number of rotatable bonds is 9. The highest BCUT2D eigenvalue weighted by molar-refractivity contribution is 8.16. The van der Waals surface area contributed by atoms with E-state index in [0.29, 0.717) is 17.8 Å². The van der Waals surface area contributed by atoms with Crippen molar-refractivity contribution in [3.05, 3.63) is 57.3 Å². The zero-order chi connectivity index (χ0) is 25.7. The van der Waals surface area contributed by atoms with E-state index < -0.39 is 6.04 Å². The van der Waals surface area contributed by atoms with Crippen molar-refractivity contribution < 1.29 is 19.1 Å². The molecule has 1 aromatic carbocycles. The molecule has 0 unspecified atom stereocenters. The van der Waals surface area contributed by atoms with E-state index >= 15 is 0 Å². The van der Waals surface area contributed by atoms with Crippen LogP contribution in [0.4, 0.5) is 0 Å². The molecular formula is C27H36N4O4S. The van der Waals surface area contributed by atoms with Crippen LogP contribution in [0.5, 0.6) is 0 Å². The molecule has 3 aliphatic heterocycles. The SMILES string of the molecule is CCOC(=O)C1=C(C)N=C2SC=C(CC(=O)NCCCN3CCOCC3)N2[C@H]1c1ccc(C)cc1C. The standard InChI is InChI=1S/C27H36N4O4S/c1-5-35-26(33)24-20(4)29-27-31(25(24)22-8-7-18(2)15-19(22)3)21(17-36-27)16-23(32)28-9-6-10-30-11-13-34-14-12-30/h7-8,15,17,25H,5-6,9-14,16H2,1-4H3,(H,28,32)/t25-/m0/s1. The van der Waals surface area contributed by atoms with Crippen molar-refractivity contribution in [1.29, 1.82) is 0 Å². The number of carbonyl (C=O) groups excluding carboxylic acids is 2. The minimum Gasteiger partial charge on any atom is -0.463 e. The van der Waals surface area contributed by atoms with Gasteiger partial charge in [0.2, 0.25) is 5.91 Å². The average Bonchev–Trinajstić information content (AvgIpc) is 3.24. The molecule has 1 saturated heterocycles. The summed E-state index contributed by atoms with van der Waals surface area (Å²) in [5, 5.41) is 5.82. The maximum absolute atomic E-state index is 13.1. The Bertz CT molecular complexity index is 1090. The summed E-state index contributed by atoms with van der Waals surface area (Å²) in [6.45, 7) is 13.1. The number of benzene rings is 1. The second-order valence-corrected chi connectivity index (χ2v) is 10.1. The van der Waals surface area contributed by atoms with Crippen molar-refractivity contribution in [3.8, 4) is 0 Å². The summed E-state index contributed by atoms with van der Waals surface area (Å²) in [6.07, 6.45) is 1.12. The van der Waals surface area contributed by atoms with Crippen molar-refractivity contribution in [1.82, 2.24) is 15.1 Å². The number of aliphatic imine (C=N–C) groups is 1. The van der Waals surface area contributed by atoms with Crippen molar-refractivity contribution in [2.45, 2.75) is 46.6 Å². The van der Waals surface area contributed by atoms with Gasteiger partial charge in [0.1, 0.15) is 0 Å². The van der Waals surface area contributed by atoms with Gasteiger partial charge in [0.05, 0.1) is 43.6 Å². The minimum absolute atomic E-state index is 0.0339. The lowest BCUT2D eigenvalue weighted by molar-refractivity contribution is -0.139. The van der Waals surface area contributed by atoms with Gasteiger partial charge in [0.25, 0.3) is 0 Å². The van der Waals surface area contributed by atoms with Crippen LogP contribution in [0.15, 0.2) is 45.6 Å². The van der Waals surface area contributed by atoms with Crippen LogP contribution in [0.2, 0.25) is 0 Å². The molecule has 0 saturated carbocycles. The van der Waals surface area contributed by atoms with Crippen LogP contribution in [0.3, 0.4) is 0 Å². The Morgan fingerprint density at radius 2 is 2.00 bits per heavy atom. The smallest absolute Gasteiger partial charge is 0.338 e. The van der Waals surface area contributed by atoms with Crippen LogP contribution in [0, 0.1) is 13.8 Å². The Morgan fingerprint density at radius 3 is 2.72 bits per heavy atom. The normalized spacial score (nSPS) is 20.1. The molecule has 8 nitrogen and oxygen atoms in total. The predicted octanol–water partition coefficient (Wildman–Crippen LogP) is 3.67. The first kappa shape index (κ1) is 26.4. The van der Waals surface area contributed by atoms with Crippen LogP contribution in [-0.4, -0.2) is 72.8 Å². The summed E-state index contributed by atoms with van der Waals surface area (Å²) in [4.78, 5) is 35.1. The van der Waals surface area contributed by atoms with E-state index in [-0.39, 0.29) is 24.9 Å². The van der Waals surface area contributed by atoms with E-state index in [4.69, 9.17) is 14.5 Å². The number of amidine groups is 1. The molecule has 1 atom stereocenters. The largest absolute Gasteiger partial charge is 0.463 e. The molecule has 3 aliphatic rings. The Hall–Kier alpha value is -2.62. The van der Waals surface area contributed by atoms with Crippen molar-refractivity contribution >= 4 is 28.8 Å². The highest BCUT2D eigenvalue weighted by Gasteiger charge is 2.41. The quantitative estimate of drug-likeness (QED) is 0.399. The topological polar surface area (TPSA) is 83.5 Å². The van der Waals surface area contributed by atoms with Gasteiger partial charge in [0.15, 0.2) is 5.17 Å². The van der Waals surface area contributed by atoms with Gasteiger partial charge in [-0.15, -0.1) is 0 Å². The first-order valence-electron chi connectivity index (χ1n) is 12.6. The number of amides is 1. The van der Waals surface area contributed by atoms with Crippen molar-refractivity contribution in [3.63, 3.8) is 0 Å². The average molecular weight is 513 g/mol. The molecule has 194 valence electrons. The first-order chi connectivity index (χ1) is 17.4. The van der Waals surface area contributed by atoms with Crippen LogP contribution in [0.1, 0.15) is 49.4 Å². The number of allylic oxidation sites excluding steroid dienone is 1. The van der Waals surface area contributed by atoms with Gasteiger partial charge in [-0.1, -0.05) is 35.5 Å². The Labute approximate surface area is 217 Å². The zero-order valence-electron chi connectivity index (χ0n) is 21.6. The van der Waals surface area contributed by atoms with Gasteiger partial charge in [-0.3, -0.25) is 9.69 Å². The summed E-state index contributed by atoms with van der Waals surface area (Å²) in [5.41, 5.74) is 5.26. The highest BCUT2D eigenvalue weighted by atomic mass is 32.2. The number of fused-ring (bicyclic) bond motifs is 1. The summed E-state index contributed by atoms with van der Waals surface area (Å²) in [6, 6.07) is 5.84. The summed E-state index contributed by atoms with van der Waals surface area (Å²) in [7, 11) is 0. The van der Waals surface area contributed by atoms with Gasteiger partial charge in [-0.05, 0) is 57.2 Å². The summed E-state index contributed by atoms with van der Waals surface area (Å²) < 4.78 is 10.8. The minimum atomic E-state index is -0.396. The maximum Gasteiger partial charge on any atom is 0.338 e. The summed E-state index contributed by atoms with van der Waals surface area (Å²) in [5.74, 6) is -0.403. The molecule has 3 heterocycles. The third-order valence-corrected chi connectivity index (χ3v) is 7.52.